The van der Waals surface area contributed by atoms with Crippen molar-refractivity contribution in [3.8, 4) is 5.75 Å². The van der Waals surface area contributed by atoms with Crippen LogP contribution in [0.25, 0.3) is 0 Å². The molecule has 9 nitrogen and oxygen atoms in total. The molecule has 242 valence electrons. The van der Waals surface area contributed by atoms with Crippen molar-refractivity contribution in [2.45, 2.75) is 75.9 Å². The lowest BCUT2D eigenvalue weighted by Gasteiger charge is -2.28. The zero-order valence-corrected chi connectivity index (χ0v) is 28.0. The zero-order chi connectivity index (χ0) is 31.0. The molecular weight excluding hydrogens is 610 g/mol. The lowest BCUT2D eigenvalue weighted by molar-refractivity contribution is -0.128. The molecule has 2 aromatic carbocycles. The minimum Gasteiger partial charge on any atom is -0.497 e. The minimum absolute atomic E-state index is 0. The lowest BCUT2D eigenvalue weighted by atomic mass is 10.0. The van der Waals surface area contributed by atoms with Crippen molar-refractivity contribution in [2.75, 3.05) is 31.4 Å². The number of hydrogen-bond acceptors (Lipinski definition) is 8. The van der Waals surface area contributed by atoms with Gasteiger partial charge in [0.2, 0.25) is 11.8 Å². The monoisotopic (exact) mass is 657 g/mol. The van der Waals surface area contributed by atoms with Crippen molar-refractivity contribution in [3.63, 3.8) is 0 Å². The number of nitrogens with one attached hydrogen (secondary N) is 3. The van der Waals surface area contributed by atoms with E-state index in [1.807, 2.05) is 68.4 Å². The third kappa shape index (κ3) is 13.9. The van der Waals surface area contributed by atoms with Gasteiger partial charge in [0, 0.05) is 13.1 Å². The Labute approximate surface area is 267 Å². The Morgan fingerprint density at radius 3 is 2.23 bits per heavy atom. The van der Waals surface area contributed by atoms with E-state index in [0.29, 0.717) is 38.6 Å². The molecule has 43 heavy (non-hydrogen) atoms. The second-order valence-corrected chi connectivity index (χ2v) is 13.6. The fourth-order valence-corrected chi connectivity index (χ4v) is 7.30. The van der Waals surface area contributed by atoms with Crippen molar-refractivity contribution >= 4 is 45.8 Å². The Balaban J connectivity index is 0.00000924. The van der Waals surface area contributed by atoms with E-state index in [1.165, 1.54) is 11.8 Å². The molecule has 12 heteroatoms. The molecule has 2 aromatic rings. The molecule has 0 aliphatic carbocycles. The van der Waals surface area contributed by atoms with Crippen LogP contribution in [0.2, 0.25) is 0 Å². The highest BCUT2D eigenvalue weighted by atomic mass is 35.5. The van der Waals surface area contributed by atoms with Gasteiger partial charge in [-0.15, -0.1) is 12.4 Å². The molecule has 0 spiro atoms. The first-order valence-electron chi connectivity index (χ1n) is 14.5. The maximum Gasteiger partial charge on any atom is 0.243 e. The van der Waals surface area contributed by atoms with Crippen LogP contribution < -0.4 is 20.7 Å². The van der Waals surface area contributed by atoms with Gasteiger partial charge in [-0.1, -0.05) is 69.2 Å². The van der Waals surface area contributed by atoms with Crippen LogP contribution in [0.1, 0.15) is 50.7 Å². The molecule has 0 fully saturated rings. The number of aliphatic hydroxyl groups is 1. The van der Waals surface area contributed by atoms with E-state index in [9.17, 15) is 23.1 Å². The summed E-state index contributed by atoms with van der Waals surface area (Å²) in [5, 5.41) is 19.4. The summed E-state index contributed by atoms with van der Waals surface area (Å²) in [6, 6.07) is 15.0. The normalized spacial score (nSPS) is 13.4. The van der Waals surface area contributed by atoms with Crippen LogP contribution >= 0.6 is 24.2 Å². The molecule has 0 aromatic heterocycles. The van der Waals surface area contributed by atoms with E-state index in [4.69, 9.17) is 4.74 Å². The van der Waals surface area contributed by atoms with Crippen molar-refractivity contribution < 1.29 is 27.9 Å². The molecular formula is C31H48ClN3O6S2. The van der Waals surface area contributed by atoms with Gasteiger partial charge in [-0.2, -0.15) is 11.8 Å². The highest BCUT2D eigenvalue weighted by Crippen LogP contribution is 2.17. The van der Waals surface area contributed by atoms with Crippen LogP contribution in [0.4, 0.5) is 0 Å². The first-order chi connectivity index (χ1) is 20.1. The SMILES string of the molecule is CCCC(CCC)S(=O)(=O)C[C@H](NC(=O)CSC)C(=O)N[C@@H](Cc1ccccc1)[C@H](O)CNCc1cccc(OC)c1.Cl. The molecule has 0 aliphatic rings. The molecule has 0 saturated carbocycles. The summed E-state index contributed by atoms with van der Waals surface area (Å²) in [4.78, 5) is 26.1. The maximum absolute atomic E-state index is 13.6. The molecule has 0 saturated heterocycles. The van der Waals surface area contributed by atoms with E-state index in [2.05, 4.69) is 16.0 Å². The van der Waals surface area contributed by atoms with Gasteiger partial charge >= 0.3 is 0 Å². The van der Waals surface area contributed by atoms with Crippen LogP contribution in [0.5, 0.6) is 5.75 Å². The maximum atomic E-state index is 13.6. The predicted molar refractivity (Wildman–Crippen MR) is 178 cm³/mol. The Morgan fingerprint density at radius 2 is 1.63 bits per heavy atom. The molecule has 0 radical (unpaired) electrons. The molecule has 0 heterocycles. The molecule has 4 N–H and O–H groups in total. The van der Waals surface area contributed by atoms with Gasteiger partial charge < -0.3 is 25.8 Å². The number of rotatable bonds is 20. The highest BCUT2D eigenvalue weighted by molar-refractivity contribution is 7.99. The van der Waals surface area contributed by atoms with Gasteiger partial charge in [0.05, 0.1) is 36.0 Å². The molecule has 2 rings (SSSR count). The molecule has 0 aliphatic heterocycles. The van der Waals surface area contributed by atoms with E-state index in [0.717, 1.165) is 16.9 Å². The number of methoxy groups -OCH3 is 1. The van der Waals surface area contributed by atoms with Gasteiger partial charge in [0.15, 0.2) is 9.84 Å². The van der Waals surface area contributed by atoms with Crippen molar-refractivity contribution in [1.29, 1.82) is 0 Å². The Kier molecular flexibility index (Phi) is 18.6. The first kappa shape index (κ1) is 38.7. The Morgan fingerprint density at radius 1 is 0.977 bits per heavy atom. The number of ether oxygens (including phenoxy) is 1. The van der Waals surface area contributed by atoms with E-state index < -0.39 is 50.8 Å². The number of carbonyl (C=O) groups excluding carboxylic acids is 2. The molecule has 3 atom stereocenters. The molecule has 2 amide bonds. The minimum atomic E-state index is -3.68. The Bertz CT molecular complexity index is 1200. The molecule has 0 unspecified atom stereocenters. The quantitative estimate of drug-likeness (QED) is 0.170. The van der Waals surface area contributed by atoms with E-state index >= 15 is 0 Å². The van der Waals surface area contributed by atoms with Gasteiger partial charge in [-0.3, -0.25) is 9.59 Å². The summed E-state index contributed by atoms with van der Waals surface area (Å²) >= 11 is 1.28. The summed E-state index contributed by atoms with van der Waals surface area (Å²) in [5.41, 5.74) is 1.87. The fourth-order valence-electron chi connectivity index (χ4n) is 4.79. The van der Waals surface area contributed by atoms with Crippen molar-refractivity contribution in [3.05, 3.63) is 65.7 Å². The van der Waals surface area contributed by atoms with Crippen LogP contribution in [-0.4, -0.2) is 80.2 Å². The summed E-state index contributed by atoms with van der Waals surface area (Å²) in [7, 11) is -2.08. The third-order valence-electron chi connectivity index (χ3n) is 6.96. The van der Waals surface area contributed by atoms with E-state index in [1.54, 1.807) is 13.4 Å². The fraction of sp³-hybridized carbons (Fsp3) is 0.548. The van der Waals surface area contributed by atoms with Crippen molar-refractivity contribution in [1.82, 2.24) is 16.0 Å². The van der Waals surface area contributed by atoms with Crippen LogP contribution in [-0.2, 0) is 32.4 Å². The van der Waals surface area contributed by atoms with Crippen LogP contribution in [0.15, 0.2) is 54.6 Å². The van der Waals surface area contributed by atoms with Crippen LogP contribution in [0, 0.1) is 0 Å². The summed E-state index contributed by atoms with van der Waals surface area (Å²) in [6.07, 6.45) is 3.48. The van der Waals surface area contributed by atoms with E-state index in [-0.39, 0.29) is 24.7 Å². The van der Waals surface area contributed by atoms with Crippen LogP contribution in [0.3, 0.4) is 0 Å². The Hall–Kier alpha value is -2.31. The number of aliphatic hydroxyl groups excluding tert-OH is 1. The summed E-state index contributed by atoms with van der Waals surface area (Å²) < 4.78 is 32.1. The smallest absolute Gasteiger partial charge is 0.243 e. The van der Waals surface area contributed by atoms with Crippen molar-refractivity contribution in [2.24, 2.45) is 0 Å². The average Bonchev–Trinajstić information content (AvgIpc) is 2.97. The zero-order valence-electron chi connectivity index (χ0n) is 25.6. The number of carbonyl (C=O) groups is 2. The second kappa shape index (κ2) is 20.6. The predicted octanol–water partition coefficient (Wildman–Crippen LogP) is 3.53. The largest absolute Gasteiger partial charge is 0.497 e. The number of halogens is 1. The summed E-state index contributed by atoms with van der Waals surface area (Å²) in [6.45, 7) is 4.51. The lowest BCUT2D eigenvalue weighted by Crippen LogP contribution is -2.57. The number of hydrogen-bond donors (Lipinski definition) is 4. The van der Waals surface area contributed by atoms with Gasteiger partial charge in [-0.05, 0) is 48.8 Å². The number of sulfone groups is 1. The van der Waals surface area contributed by atoms with Gasteiger partial charge in [0.1, 0.15) is 11.8 Å². The number of benzene rings is 2. The number of thioether (sulfide) groups is 1. The van der Waals surface area contributed by atoms with Gasteiger partial charge in [0.25, 0.3) is 0 Å². The molecule has 0 bridgehead atoms. The topological polar surface area (TPSA) is 134 Å². The highest BCUT2D eigenvalue weighted by Gasteiger charge is 2.34. The standard InChI is InChI=1S/C31H47N3O6S2.ClH/c1-5-11-26(12-6-2)42(38,39)22-28(33-30(36)21-41-4)31(37)34-27(18-23-13-8-7-9-14-23)29(35)20-32-19-24-15-10-16-25(17-24)40-3;/h7-10,13-17,26-29,32,35H,5-6,11-12,18-22H2,1-4H3,(H,33,36)(H,34,37);1H/t27-,28-,29+;/m0./s1. The first-order valence-corrected chi connectivity index (χ1v) is 17.6. The number of amides is 2. The average molecular weight is 658 g/mol. The second-order valence-electron chi connectivity index (χ2n) is 10.4. The van der Waals surface area contributed by atoms with Gasteiger partial charge in [-0.25, -0.2) is 8.42 Å². The summed E-state index contributed by atoms with van der Waals surface area (Å²) in [5.74, 6) is -0.713. The third-order valence-corrected chi connectivity index (χ3v) is 9.80.